The van der Waals surface area contributed by atoms with Crippen molar-refractivity contribution >= 4 is 71.7 Å². The molecule has 4 rings (SSSR count). The summed E-state index contributed by atoms with van der Waals surface area (Å²) in [5.74, 6) is -2.78. The highest BCUT2D eigenvalue weighted by atomic mass is 79.9. The molecule has 3 atom stereocenters. The summed E-state index contributed by atoms with van der Waals surface area (Å²) >= 11 is 3.58. The second-order valence-electron chi connectivity index (χ2n) is 13.6. The number of nitriles is 1. The Balaban J connectivity index is 1.98. The zero-order valence-corrected chi connectivity index (χ0v) is 31.3. The minimum atomic E-state index is -3.85. The van der Waals surface area contributed by atoms with Crippen molar-refractivity contribution in [2.75, 3.05) is 36.0 Å². The molecule has 0 saturated carbocycles. The Bertz CT molecular complexity index is 2010. The topological polar surface area (TPSA) is 177 Å². The molecule has 2 N–H and O–H groups in total. The monoisotopic (exact) mass is 769 g/mol. The van der Waals surface area contributed by atoms with Crippen molar-refractivity contribution in [1.82, 2.24) is 10.2 Å². The van der Waals surface area contributed by atoms with Crippen LogP contribution in [-0.4, -0.2) is 86.5 Å². The van der Waals surface area contributed by atoms with Crippen LogP contribution in [0.15, 0.2) is 53.0 Å². The average Bonchev–Trinajstić information content (AvgIpc) is 3.10. The molecule has 15 heteroatoms. The Morgan fingerprint density at radius 3 is 2.38 bits per heavy atom. The van der Waals surface area contributed by atoms with Gasteiger partial charge in [-0.05, 0) is 65.9 Å². The number of likely N-dealkylation sites (N-methyl/N-ethyl adjacent to an activating group) is 1. The second-order valence-corrected chi connectivity index (χ2v) is 16.6. The molecule has 266 valence electrons. The van der Waals surface area contributed by atoms with Crippen molar-refractivity contribution in [2.45, 2.75) is 58.8 Å². The highest BCUT2D eigenvalue weighted by Crippen LogP contribution is 2.40. The van der Waals surface area contributed by atoms with Crippen LogP contribution in [0.2, 0.25) is 0 Å². The molecule has 0 saturated heterocycles. The number of halogens is 1. The molecule has 4 amide bonds. The summed E-state index contributed by atoms with van der Waals surface area (Å²) in [4.78, 5) is 58.2. The van der Waals surface area contributed by atoms with Gasteiger partial charge in [0.15, 0.2) is 9.84 Å². The van der Waals surface area contributed by atoms with Crippen LogP contribution in [0.5, 0.6) is 5.75 Å². The minimum Gasteiger partial charge on any atom is -0.496 e. The Morgan fingerprint density at radius 2 is 1.80 bits per heavy atom. The van der Waals surface area contributed by atoms with Crippen LogP contribution in [0, 0.1) is 16.7 Å². The number of benzene rings is 3. The van der Waals surface area contributed by atoms with E-state index in [0.29, 0.717) is 11.3 Å². The molecular weight excluding hydrogens is 730 g/mol. The molecular formula is C35H40BrN5O8S. The van der Waals surface area contributed by atoms with Crippen molar-refractivity contribution in [1.29, 1.82) is 5.26 Å². The van der Waals surface area contributed by atoms with E-state index in [-0.39, 0.29) is 29.9 Å². The van der Waals surface area contributed by atoms with Gasteiger partial charge >= 0.3 is 6.09 Å². The molecule has 0 aliphatic carbocycles. The number of methoxy groups -OCH3 is 1. The first kappa shape index (κ1) is 38.1. The third-order valence-corrected chi connectivity index (χ3v) is 9.98. The van der Waals surface area contributed by atoms with Gasteiger partial charge in [0.05, 0.1) is 42.7 Å². The number of nitrogens with one attached hydrogen (secondary N) is 1. The van der Waals surface area contributed by atoms with Gasteiger partial charge in [0.1, 0.15) is 23.6 Å². The number of anilines is 2. The molecule has 50 heavy (non-hydrogen) atoms. The van der Waals surface area contributed by atoms with E-state index in [1.165, 1.54) is 44.2 Å². The van der Waals surface area contributed by atoms with Gasteiger partial charge in [0.25, 0.3) is 5.91 Å². The second kappa shape index (κ2) is 14.7. The van der Waals surface area contributed by atoms with E-state index in [1.807, 2.05) is 45.0 Å². The van der Waals surface area contributed by atoms with Crippen LogP contribution in [0.1, 0.15) is 45.2 Å². The molecule has 1 aliphatic heterocycles. The summed E-state index contributed by atoms with van der Waals surface area (Å²) in [6.45, 7) is 6.88. The maximum atomic E-state index is 14.9. The highest BCUT2D eigenvalue weighted by molar-refractivity contribution is 9.10. The number of nitrogens with zero attached hydrogens (tertiary/aromatic N) is 4. The number of carbonyl (C=O) groups excluding carboxylic acids is 3. The maximum absolute atomic E-state index is 14.9. The van der Waals surface area contributed by atoms with Gasteiger partial charge in [0, 0.05) is 23.3 Å². The van der Waals surface area contributed by atoms with E-state index in [0.717, 1.165) is 31.3 Å². The van der Waals surface area contributed by atoms with E-state index in [2.05, 4.69) is 27.3 Å². The van der Waals surface area contributed by atoms with Crippen LogP contribution in [0.25, 0.3) is 10.8 Å². The lowest BCUT2D eigenvalue weighted by atomic mass is 9.87. The van der Waals surface area contributed by atoms with Crippen molar-refractivity contribution in [3.63, 3.8) is 0 Å². The number of amides is 4. The predicted molar refractivity (Wildman–Crippen MR) is 193 cm³/mol. The quantitative estimate of drug-likeness (QED) is 0.313. The van der Waals surface area contributed by atoms with E-state index in [1.54, 1.807) is 6.07 Å². The smallest absolute Gasteiger partial charge is 0.407 e. The SMILES string of the molecule is COc1ccc2c(Br)cccc2c1CN1C(=O)[C@@H](NC(=O)[C@H](CC(C)(C)C)N(C)C(=O)O)[C@H](C)N(C(=O)CS(C)(=O)=O)c2ccc(C#N)cc21. The molecule has 0 aromatic heterocycles. The normalized spacial score (nSPS) is 17.0. The predicted octanol–water partition coefficient (Wildman–Crippen LogP) is 4.69. The highest BCUT2D eigenvalue weighted by Gasteiger charge is 2.44. The number of carbonyl (C=O) groups is 4. The number of hydrogen-bond acceptors (Lipinski definition) is 8. The summed E-state index contributed by atoms with van der Waals surface area (Å²) in [6.07, 6.45) is -0.342. The van der Waals surface area contributed by atoms with E-state index in [9.17, 15) is 38.0 Å². The van der Waals surface area contributed by atoms with Crippen molar-refractivity contribution in [2.24, 2.45) is 5.41 Å². The summed E-state index contributed by atoms with van der Waals surface area (Å²) in [7, 11) is -1.11. The van der Waals surface area contributed by atoms with E-state index < -0.39 is 62.9 Å². The fraction of sp³-hybridized carbons (Fsp3) is 0.400. The molecule has 3 aromatic rings. The number of rotatable bonds is 9. The number of ether oxygens (including phenoxy) is 1. The molecule has 0 fully saturated rings. The average molecular weight is 771 g/mol. The Hall–Kier alpha value is -4.68. The number of carboxylic acid groups (broad SMARTS) is 1. The van der Waals surface area contributed by atoms with Crippen LogP contribution in [0.4, 0.5) is 16.2 Å². The fourth-order valence-corrected chi connectivity index (χ4v) is 7.20. The standard InChI is InChI=1S/C35H40BrN5O8S/c1-20-31(38-32(43)28(16-35(2,3)4)39(5)34(45)46)33(44)40(18-24-22-9-8-10-25(36)23(22)12-14-29(24)49-6)27-15-21(17-37)11-13-26(27)41(20)30(42)19-50(7,47)48/h8-15,20,28,31H,16,18-19H2,1-7H3,(H,38,43)(H,45,46)/t20-,28-,31-/m0/s1. The van der Waals surface area contributed by atoms with Crippen LogP contribution >= 0.6 is 15.9 Å². The molecule has 1 aliphatic rings. The summed E-state index contributed by atoms with van der Waals surface area (Å²) in [5.41, 5.74) is 0.509. The first-order valence-corrected chi connectivity index (χ1v) is 18.5. The minimum absolute atomic E-state index is 0.102. The van der Waals surface area contributed by atoms with Gasteiger partial charge in [0.2, 0.25) is 11.8 Å². The molecule has 0 unspecified atom stereocenters. The molecule has 3 aromatic carbocycles. The van der Waals surface area contributed by atoms with Gasteiger partial charge in [-0.25, -0.2) is 13.2 Å². The Morgan fingerprint density at radius 1 is 1.12 bits per heavy atom. The van der Waals surface area contributed by atoms with Crippen molar-refractivity contribution in [3.8, 4) is 11.8 Å². The molecule has 0 radical (unpaired) electrons. The van der Waals surface area contributed by atoms with Crippen molar-refractivity contribution in [3.05, 3.63) is 64.1 Å². The zero-order valence-electron chi connectivity index (χ0n) is 28.9. The molecule has 0 bridgehead atoms. The third-order valence-electron chi connectivity index (χ3n) is 8.52. The summed E-state index contributed by atoms with van der Waals surface area (Å²) in [6, 6.07) is 11.7. The van der Waals surface area contributed by atoms with E-state index >= 15 is 0 Å². The van der Waals surface area contributed by atoms with Gasteiger partial charge in [-0.15, -0.1) is 0 Å². The fourth-order valence-electron chi connectivity index (χ4n) is 6.12. The van der Waals surface area contributed by atoms with Gasteiger partial charge in [-0.3, -0.25) is 19.3 Å². The van der Waals surface area contributed by atoms with Crippen LogP contribution in [0.3, 0.4) is 0 Å². The first-order valence-electron chi connectivity index (χ1n) is 15.6. The zero-order chi connectivity index (χ0) is 37.3. The number of hydrogen-bond donors (Lipinski definition) is 2. The lowest BCUT2D eigenvalue weighted by Gasteiger charge is -2.35. The lowest BCUT2D eigenvalue weighted by Crippen LogP contribution is -2.61. The summed E-state index contributed by atoms with van der Waals surface area (Å²) < 4.78 is 31.3. The molecule has 0 spiro atoms. The van der Waals surface area contributed by atoms with Gasteiger partial charge in [-0.1, -0.05) is 48.8 Å². The largest absolute Gasteiger partial charge is 0.496 e. The Kier molecular flexibility index (Phi) is 11.2. The summed E-state index contributed by atoms with van der Waals surface area (Å²) in [5, 5.41) is 24.0. The first-order chi connectivity index (χ1) is 23.3. The maximum Gasteiger partial charge on any atom is 0.407 e. The molecule has 1 heterocycles. The lowest BCUT2D eigenvalue weighted by molar-refractivity contribution is -0.131. The third kappa shape index (κ3) is 8.19. The Labute approximate surface area is 299 Å². The number of fused-ring (bicyclic) bond motifs is 2. The van der Waals surface area contributed by atoms with Gasteiger partial charge < -0.3 is 25.0 Å². The molecule has 13 nitrogen and oxygen atoms in total. The number of sulfone groups is 1. The van der Waals surface area contributed by atoms with Crippen LogP contribution in [-0.2, 0) is 30.8 Å². The van der Waals surface area contributed by atoms with Gasteiger partial charge in [-0.2, -0.15) is 5.26 Å². The van der Waals surface area contributed by atoms with E-state index in [4.69, 9.17) is 4.74 Å². The van der Waals surface area contributed by atoms with Crippen molar-refractivity contribution < 1.29 is 37.4 Å². The van der Waals surface area contributed by atoms with Crippen LogP contribution < -0.4 is 19.9 Å².